The highest BCUT2D eigenvalue weighted by atomic mass is 16.4. The third kappa shape index (κ3) is 2.16. The van der Waals surface area contributed by atoms with E-state index >= 15 is 0 Å². The van der Waals surface area contributed by atoms with E-state index in [0.717, 1.165) is 23.9 Å². The van der Waals surface area contributed by atoms with E-state index in [1.165, 1.54) is 0 Å². The van der Waals surface area contributed by atoms with Crippen LogP contribution in [0.25, 0.3) is 11.1 Å². The van der Waals surface area contributed by atoms with Gasteiger partial charge < -0.3 is 15.1 Å². The number of anilines is 1. The maximum atomic E-state index is 7.32. The minimum absolute atomic E-state index is 0.205. The molecule has 0 bridgehead atoms. The Morgan fingerprint density at radius 3 is 2.89 bits per heavy atom. The van der Waals surface area contributed by atoms with Gasteiger partial charge in [-0.25, -0.2) is 0 Å². The predicted molar refractivity (Wildman–Crippen MR) is 70.9 cm³/mol. The molecule has 1 aromatic carbocycles. The summed E-state index contributed by atoms with van der Waals surface area (Å²) in [6.45, 7) is 0.701. The lowest BCUT2D eigenvalue weighted by molar-refractivity contribution is 0.565. The summed E-state index contributed by atoms with van der Waals surface area (Å²) in [5, 5.41) is 7.32. The zero-order valence-electron chi connectivity index (χ0n) is 10.1. The first-order chi connectivity index (χ1) is 8.74. The normalized spacial score (nSPS) is 14.9. The van der Waals surface area contributed by atoms with Crippen LogP contribution in [0, 0.1) is 5.41 Å². The third-order valence-electron chi connectivity index (χ3n) is 3.14. The molecule has 5 heteroatoms. The molecule has 1 fully saturated rings. The van der Waals surface area contributed by atoms with Gasteiger partial charge in [0, 0.05) is 19.0 Å². The van der Waals surface area contributed by atoms with E-state index in [1.54, 1.807) is 0 Å². The molecule has 0 unspecified atom stereocenters. The number of hydrogen-bond donors (Lipinski definition) is 2. The van der Waals surface area contributed by atoms with Crippen LogP contribution in [0.5, 0.6) is 0 Å². The Morgan fingerprint density at radius 2 is 2.22 bits per heavy atom. The third-order valence-corrected chi connectivity index (χ3v) is 3.14. The van der Waals surface area contributed by atoms with Crippen molar-refractivity contribution in [1.82, 2.24) is 4.98 Å². The molecule has 2 aromatic rings. The Hall–Kier alpha value is -2.04. The number of oxazole rings is 1. The molecule has 0 radical (unpaired) electrons. The van der Waals surface area contributed by atoms with Crippen LogP contribution in [0.15, 0.2) is 28.7 Å². The first kappa shape index (κ1) is 11.1. The van der Waals surface area contributed by atoms with Crippen LogP contribution in [-0.4, -0.2) is 23.4 Å². The van der Waals surface area contributed by atoms with Crippen molar-refractivity contribution in [2.24, 2.45) is 5.73 Å². The number of amidine groups is 1. The zero-order chi connectivity index (χ0) is 12.5. The molecule has 0 spiro atoms. The molecular formula is C13H16N4O. The first-order valence-corrected chi connectivity index (χ1v) is 6.19. The predicted octanol–water partition coefficient (Wildman–Crippen LogP) is 2.12. The lowest BCUT2D eigenvalue weighted by Gasteiger charge is -2.19. The van der Waals surface area contributed by atoms with Crippen molar-refractivity contribution in [1.29, 1.82) is 5.41 Å². The first-order valence-electron chi connectivity index (χ1n) is 6.19. The summed E-state index contributed by atoms with van der Waals surface area (Å²) in [5.41, 5.74) is 7.10. The molecule has 0 amide bonds. The Labute approximate surface area is 105 Å². The van der Waals surface area contributed by atoms with Gasteiger partial charge in [0.15, 0.2) is 5.58 Å². The van der Waals surface area contributed by atoms with E-state index in [1.807, 2.05) is 24.3 Å². The van der Waals surface area contributed by atoms with Gasteiger partial charge in [-0.2, -0.15) is 4.98 Å². The second-order valence-corrected chi connectivity index (χ2v) is 4.66. The van der Waals surface area contributed by atoms with Crippen LogP contribution in [0.3, 0.4) is 0 Å². The van der Waals surface area contributed by atoms with E-state index < -0.39 is 0 Å². The molecular weight excluding hydrogens is 228 g/mol. The van der Waals surface area contributed by atoms with Gasteiger partial charge in [-0.05, 0) is 25.0 Å². The largest absolute Gasteiger partial charge is 0.423 e. The summed E-state index contributed by atoms with van der Waals surface area (Å²) < 4.78 is 5.77. The number of nitrogens with zero attached hydrogens (tertiary/aromatic N) is 2. The van der Waals surface area contributed by atoms with E-state index in [-0.39, 0.29) is 5.84 Å². The molecule has 18 heavy (non-hydrogen) atoms. The quantitative estimate of drug-likeness (QED) is 0.623. The summed E-state index contributed by atoms with van der Waals surface area (Å²) in [5.74, 6) is 0.205. The van der Waals surface area contributed by atoms with E-state index in [4.69, 9.17) is 15.6 Å². The van der Waals surface area contributed by atoms with E-state index in [0.29, 0.717) is 25.0 Å². The number of aromatic nitrogens is 1. The molecule has 1 heterocycles. The van der Waals surface area contributed by atoms with E-state index in [9.17, 15) is 0 Å². The molecule has 1 saturated carbocycles. The fraction of sp³-hybridized carbons (Fsp3) is 0.385. The van der Waals surface area contributed by atoms with Gasteiger partial charge in [-0.3, -0.25) is 5.41 Å². The summed E-state index contributed by atoms with van der Waals surface area (Å²) in [6, 6.07) is 8.90. The van der Waals surface area contributed by atoms with Crippen molar-refractivity contribution >= 4 is 22.9 Å². The number of nitrogens with two attached hydrogens (primary N) is 1. The molecule has 1 aliphatic rings. The van der Waals surface area contributed by atoms with Crippen molar-refractivity contribution in [3.8, 4) is 0 Å². The maximum Gasteiger partial charge on any atom is 0.298 e. The van der Waals surface area contributed by atoms with Crippen LogP contribution in [0.4, 0.5) is 6.01 Å². The topological polar surface area (TPSA) is 79.1 Å². The Balaban J connectivity index is 1.86. The number of rotatable bonds is 5. The summed E-state index contributed by atoms with van der Waals surface area (Å²) in [6.07, 6.45) is 2.88. The monoisotopic (exact) mass is 244 g/mol. The molecule has 0 saturated heterocycles. The number of benzene rings is 1. The van der Waals surface area contributed by atoms with Gasteiger partial charge in [-0.1, -0.05) is 12.1 Å². The van der Waals surface area contributed by atoms with Gasteiger partial charge in [0.2, 0.25) is 0 Å². The minimum Gasteiger partial charge on any atom is -0.423 e. The Morgan fingerprint density at radius 1 is 1.44 bits per heavy atom. The Kier molecular flexibility index (Phi) is 2.66. The van der Waals surface area contributed by atoms with Gasteiger partial charge in [0.1, 0.15) is 5.52 Å². The van der Waals surface area contributed by atoms with Crippen LogP contribution in [0.2, 0.25) is 0 Å². The molecule has 0 aliphatic heterocycles. The SMILES string of the molecule is N=C(N)CCN(c1nc2ccccc2o1)C1CC1. The number of hydrogen-bond acceptors (Lipinski definition) is 4. The highest BCUT2D eigenvalue weighted by Gasteiger charge is 2.31. The fourth-order valence-electron chi connectivity index (χ4n) is 2.04. The highest BCUT2D eigenvalue weighted by Crippen LogP contribution is 2.32. The van der Waals surface area contributed by atoms with Crippen LogP contribution >= 0.6 is 0 Å². The van der Waals surface area contributed by atoms with Crippen LogP contribution in [-0.2, 0) is 0 Å². The van der Waals surface area contributed by atoms with Crippen molar-refractivity contribution in [3.63, 3.8) is 0 Å². The zero-order valence-corrected chi connectivity index (χ0v) is 10.1. The molecule has 94 valence electrons. The number of para-hydroxylation sites is 2. The van der Waals surface area contributed by atoms with E-state index in [2.05, 4.69) is 9.88 Å². The van der Waals surface area contributed by atoms with Crippen molar-refractivity contribution in [2.75, 3.05) is 11.4 Å². The van der Waals surface area contributed by atoms with Gasteiger partial charge in [-0.15, -0.1) is 0 Å². The summed E-state index contributed by atoms with van der Waals surface area (Å²) in [4.78, 5) is 6.63. The van der Waals surface area contributed by atoms with Crippen LogP contribution in [0.1, 0.15) is 19.3 Å². The lowest BCUT2D eigenvalue weighted by Crippen LogP contribution is -2.30. The molecule has 1 aromatic heterocycles. The van der Waals surface area contributed by atoms with Gasteiger partial charge in [0.05, 0.1) is 5.84 Å². The minimum atomic E-state index is 0.205. The standard InChI is InChI=1S/C13H16N4O/c14-12(15)7-8-17(9-5-6-9)13-16-10-3-1-2-4-11(10)18-13/h1-4,9H,5-8H2,(H3,14,15). The van der Waals surface area contributed by atoms with Crippen LogP contribution < -0.4 is 10.6 Å². The fourth-order valence-corrected chi connectivity index (χ4v) is 2.04. The highest BCUT2D eigenvalue weighted by molar-refractivity contribution is 5.78. The van der Waals surface area contributed by atoms with Gasteiger partial charge >= 0.3 is 0 Å². The lowest BCUT2D eigenvalue weighted by atomic mass is 10.3. The molecule has 3 N–H and O–H groups in total. The molecule has 0 atom stereocenters. The summed E-state index contributed by atoms with van der Waals surface area (Å²) >= 11 is 0. The average molecular weight is 244 g/mol. The molecule has 5 nitrogen and oxygen atoms in total. The van der Waals surface area contributed by atoms with Crippen molar-refractivity contribution < 1.29 is 4.42 Å². The second-order valence-electron chi connectivity index (χ2n) is 4.66. The number of nitrogens with one attached hydrogen (secondary N) is 1. The average Bonchev–Trinajstić information content (AvgIpc) is 3.08. The Bertz CT molecular complexity index is 540. The maximum absolute atomic E-state index is 7.32. The summed E-state index contributed by atoms with van der Waals surface area (Å²) in [7, 11) is 0. The molecule has 3 rings (SSSR count). The van der Waals surface area contributed by atoms with Gasteiger partial charge in [0.25, 0.3) is 6.01 Å². The van der Waals surface area contributed by atoms with Crippen molar-refractivity contribution in [2.45, 2.75) is 25.3 Å². The molecule has 1 aliphatic carbocycles. The second kappa shape index (κ2) is 4.33. The van der Waals surface area contributed by atoms with Crippen molar-refractivity contribution in [3.05, 3.63) is 24.3 Å². The number of fused-ring (bicyclic) bond motifs is 1. The smallest absolute Gasteiger partial charge is 0.298 e.